The third-order valence-electron chi connectivity index (χ3n) is 9.74. The van der Waals surface area contributed by atoms with E-state index >= 15 is 0 Å². The molecule has 0 unspecified atom stereocenters. The summed E-state index contributed by atoms with van der Waals surface area (Å²) in [5, 5.41) is 31.5. The lowest BCUT2D eigenvalue weighted by Crippen LogP contribution is -2.30. The number of benzene rings is 4. The molecular formula is C33H42B6O3. The van der Waals surface area contributed by atoms with Gasteiger partial charge in [-0.1, -0.05) is 96.1 Å². The van der Waals surface area contributed by atoms with Crippen LogP contribution in [0.4, 0.5) is 0 Å². The van der Waals surface area contributed by atoms with Crippen molar-refractivity contribution in [3.63, 3.8) is 0 Å². The second kappa shape index (κ2) is 10.7. The standard InChI is InChI=1S/C33H42B6O3/c1-31(2,19-10-22(34)28(40)23(35)11-19)16-7-17(32(3,4)20-12-24(36)29(41)25(37)13-20)9-18(8-16)33(5,6)21-14-26(38)30(42)27(39)15-21/h7-15,40-42H,34-39H2,1-6H3. The molecule has 0 bridgehead atoms. The van der Waals surface area contributed by atoms with Crippen LogP contribution in [0.2, 0.25) is 0 Å². The van der Waals surface area contributed by atoms with Crippen molar-refractivity contribution in [3.05, 3.63) is 88.0 Å². The lowest BCUT2D eigenvalue weighted by Gasteiger charge is -2.36. The first-order valence-electron chi connectivity index (χ1n) is 14.9. The Morgan fingerprint density at radius 2 is 0.476 bits per heavy atom. The molecule has 0 aliphatic heterocycles. The van der Waals surface area contributed by atoms with Crippen LogP contribution in [-0.4, -0.2) is 62.4 Å². The van der Waals surface area contributed by atoms with Crippen molar-refractivity contribution in [1.82, 2.24) is 0 Å². The van der Waals surface area contributed by atoms with Gasteiger partial charge in [0.2, 0.25) is 0 Å². The van der Waals surface area contributed by atoms with E-state index in [1.807, 2.05) is 47.1 Å². The number of rotatable bonds is 6. The molecule has 0 atom stereocenters. The average molecular weight is 552 g/mol. The Bertz CT molecular complexity index is 1430. The predicted molar refractivity (Wildman–Crippen MR) is 196 cm³/mol. The van der Waals surface area contributed by atoms with E-state index in [0.717, 1.165) is 49.5 Å². The lowest BCUT2D eigenvalue weighted by molar-refractivity contribution is 0.483. The smallest absolute Gasteiger partial charge is 0.144 e. The highest BCUT2D eigenvalue weighted by molar-refractivity contribution is 6.42. The fourth-order valence-corrected chi connectivity index (χ4v) is 6.16. The van der Waals surface area contributed by atoms with Gasteiger partial charge < -0.3 is 15.3 Å². The lowest BCUT2D eigenvalue weighted by atomic mass is 9.67. The number of phenols is 3. The SMILES string of the molecule is Bc1cc(C(C)(C)c2cc(C(C)(C)c3cc(B)c(O)c(B)c3)cc(C(C)(C)c3cc(B)c(O)c(B)c3)c2)cc(B)c1O. The van der Waals surface area contributed by atoms with Gasteiger partial charge in [-0.2, -0.15) is 0 Å². The van der Waals surface area contributed by atoms with Crippen molar-refractivity contribution in [2.24, 2.45) is 0 Å². The molecule has 3 nitrogen and oxygen atoms in total. The van der Waals surface area contributed by atoms with Gasteiger partial charge in [0.05, 0.1) is 0 Å². The minimum atomic E-state index is -0.346. The van der Waals surface area contributed by atoms with Crippen LogP contribution in [-0.2, 0) is 16.2 Å². The highest BCUT2D eigenvalue weighted by Gasteiger charge is 2.33. The fraction of sp³-hybridized carbons (Fsp3) is 0.273. The molecule has 9 heteroatoms. The summed E-state index contributed by atoms with van der Waals surface area (Å²) in [6.07, 6.45) is 0. The highest BCUT2D eigenvalue weighted by atomic mass is 16.3. The first kappa shape index (κ1) is 31.6. The molecule has 42 heavy (non-hydrogen) atoms. The Hall–Kier alpha value is -3.33. The molecule has 0 heterocycles. The van der Waals surface area contributed by atoms with Crippen molar-refractivity contribution in [2.45, 2.75) is 57.8 Å². The quantitative estimate of drug-likeness (QED) is 0.229. The molecule has 0 aliphatic rings. The zero-order valence-electron chi connectivity index (χ0n) is 27.5. The molecular weight excluding hydrogens is 509 g/mol. The van der Waals surface area contributed by atoms with E-state index in [1.165, 1.54) is 16.7 Å². The fourth-order valence-electron chi connectivity index (χ4n) is 6.16. The van der Waals surface area contributed by atoms with Gasteiger partial charge in [-0.15, -0.1) is 0 Å². The van der Waals surface area contributed by atoms with Crippen LogP contribution in [0.15, 0.2) is 54.6 Å². The van der Waals surface area contributed by atoms with Crippen LogP contribution in [0.1, 0.15) is 74.9 Å². The zero-order chi connectivity index (χ0) is 31.5. The first-order valence-corrected chi connectivity index (χ1v) is 14.9. The summed E-state index contributed by atoms with van der Waals surface area (Å²) in [4.78, 5) is 0. The second-order valence-electron chi connectivity index (χ2n) is 14.0. The predicted octanol–water partition coefficient (Wildman–Crippen LogP) is -2.67. The molecule has 0 saturated carbocycles. The van der Waals surface area contributed by atoms with Crippen LogP contribution >= 0.6 is 0 Å². The van der Waals surface area contributed by atoms with Gasteiger partial charge in [-0.05, 0) is 66.2 Å². The van der Waals surface area contributed by atoms with E-state index in [-0.39, 0.29) is 16.2 Å². The maximum Gasteiger partial charge on any atom is 0.144 e. The third kappa shape index (κ3) is 5.43. The Balaban J connectivity index is 2.02. The van der Waals surface area contributed by atoms with Gasteiger partial charge in [0.15, 0.2) is 0 Å². The van der Waals surface area contributed by atoms with Gasteiger partial charge in [0.1, 0.15) is 64.3 Å². The van der Waals surface area contributed by atoms with E-state index in [0.29, 0.717) is 17.2 Å². The Labute approximate surface area is 257 Å². The number of hydrogen-bond acceptors (Lipinski definition) is 3. The largest absolute Gasteiger partial charge is 0.509 e. The third-order valence-corrected chi connectivity index (χ3v) is 9.74. The minimum Gasteiger partial charge on any atom is -0.509 e. The number of hydrogen-bond donors (Lipinski definition) is 3. The molecule has 0 saturated heterocycles. The molecule has 0 fully saturated rings. The van der Waals surface area contributed by atoms with Crippen LogP contribution in [0.25, 0.3) is 0 Å². The van der Waals surface area contributed by atoms with Crippen molar-refractivity contribution >= 4 is 79.9 Å². The summed E-state index contributed by atoms with van der Waals surface area (Å²) in [6, 6.07) is 19.6. The highest BCUT2D eigenvalue weighted by Crippen LogP contribution is 2.41. The van der Waals surface area contributed by atoms with Crippen LogP contribution in [0.5, 0.6) is 17.2 Å². The van der Waals surface area contributed by atoms with Crippen molar-refractivity contribution in [3.8, 4) is 17.2 Å². The monoisotopic (exact) mass is 552 g/mol. The van der Waals surface area contributed by atoms with Gasteiger partial charge in [0.25, 0.3) is 0 Å². The molecule has 0 radical (unpaired) electrons. The van der Waals surface area contributed by atoms with Gasteiger partial charge in [-0.3, -0.25) is 0 Å². The van der Waals surface area contributed by atoms with Crippen LogP contribution in [0.3, 0.4) is 0 Å². The van der Waals surface area contributed by atoms with E-state index in [1.54, 1.807) is 0 Å². The average Bonchev–Trinajstić information content (AvgIpc) is 2.91. The summed E-state index contributed by atoms with van der Waals surface area (Å²) < 4.78 is 0. The molecule has 210 valence electrons. The molecule has 4 aromatic carbocycles. The van der Waals surface area contributed by atoms with Gasteiger partial charge in [0, 0.05) is 16.2 Å². The summed E-state index contributed by atoms with van der Waals surface area (Å²) in [5.41, 5.74) is 11.3. The molecule has 3 N–H and O–H groups in total. The molecule has 4 rings (SSSR count). The Kier molecular flexibility index (Phi) is 8.08. The maximum atomic E-state index is 10.5. The summed E-state index contributed by atoms with van der Waals surface area (Å²) in [5.74, 6) is 1.05. The molecule has 0 amide bonds. The van der Waals surface area contributed by atoms with Gasteiger partial charge >= 0.3 is 0 Å². The second-order valence-corrected chi connectivity index (χ2v) is 14.0. The van der Waals surface area contributed by atoms with Crippen LogP contribution in [0, 0.1) is 0 Å². The summed E-state index contributed by atoms with van der Waals surface area (Å²) in [6.45, 7) is 13.5. The van der Waals surface area contributed by atoms with E-state index < -0.39 is 0 Å². The Morgan fingerprint density at radius 1 is 0.333 bits per heavy atom. The topological polar surface area (TPSA) is 60.7 Å². The van der Waals surface area contributed by atoms with Crippen LogP contribution < -0.4 is 32.8 Å². The maximum absolute atomic E-state index is 10.5. The minimum absolute atomic E-state index is 0.346. The van der Waals surface area contributed by atoms with E-state index in [4.69, 9.17) is 0 Å². The van der Waals surface area contributed by atoms with Gasteiger partial charge in [-0.25, -0.2) is 0 Å². The van der Waals surface area contributed by atoms with E-state index in [9.17, 15) is 15.3 Å². The zero-order valence-corrected chi connectivity index (χ0v) is 27.5. The summed E-state index contributed by atoms with van der Waals surface area (Å²) in [7, 11) is 11.8. The number of aromatic hydroxyl groups is 3. The van der Waals surface area contributed by atoms with E-state index in [2.05, 4.69) is 96.1 Å². The summed E-state index contributed by atoms with van der Waals surface area (Å²) >= 11 is 0. The normalized spacial score (nSPS) is 12.4. The van der Waals surface area contributed by atoms with Crippen molar-refractivity contribution in [1.29, 1.82) is 0 Å². The molecule has 0 aliphatic carbocycles. The molecule has 0 aromatic heterocycles. The molecule has 4 aromatic rings. The van der Waals surface area contributed by atoms with Crippen molar-refractivity contribution < 1.29 is 15.3 Å². The van der Waals surface area contributed by atoms with Crippen molar-refractivity contribution in [2.75, 3.05) is 0 Å². The molecule has 0 spiro atoms. The number of phenolic OH excluding ortho intramolecular Hbond substituents is 3. The Morgan fingerprint density at radius 3 is 0.643 bits per heavy atom. The first-order chi connectivity index (χ1) is 19.3.